The van der Waals surface area contributed by atoms with E-state index in [1.165, 1.54) is 47.1 Å². The number of rotatable bonds is 7. The Morgan fingerprint density at radius 3 is 2.51 bits per heavy atom. The van der Waals surface area contributed by atoms with Crippen LogP contribution in [-0.2, 0) is 12.6 Å². The van der Waals surface area contributed by atoms with Gasteiger partial charge in [0.15, 0.2) is 17.2 Å². The summed E-state index contributed by atoms with van der Waals surface area (Å²) in [4.78, 5) is 11.2. The molecule has 0 bridgehead atoms. The largest absolute Gasteiger partial charge is 0.586 e. The van der Waals surface area contributed by atoms with E-state index in [1.807, 2.05) is 0 Å². The Labute approximate surface area is 241 Å². The first-order valence-electron chi connectivity index (χ1n) is 13.2. The topological polar surface area (TPSA) is 92.0 Å². The van der Waals surface area contributed by atoms with Gasteiger partial charge in [-0.15, -0.1) is 8.78 Å². The van der Waals surface area contributed by atoms with Crippen LogP contribution in [0.15, 0.2) is 66.7 Å². The van der Waals surface area contributed by atoms with E-state index in [0.29, 0.717) is 35.6 Å². The van der Waals surface area contributed by atoms with E-state index in [-0.39, 0.29) is 34.7 Å². The molecule has 13 heteroatoms. The van der Waals surface area contributed by atoms with Gasteiger partial charge in [-0.25, -0.2) is 9.48 Å². The van der Waals surface area contributed by atoms with Crippen LogP contribution in [-0.4, -0.2) is 27.2 Å². The minimum atomic E-state index is -4.71. The first kappa shape index (κ1) is 28.3. The summed E-state index contributed by atoms with van der Waals surface area (Å²) in [6, 6.07) is 16.2. The number of halogens is 5. The Balaban J connectivity index is 1.31. The highest BCUT2D eigenvalue weighted by molar-refractivity contribution is 5.87. The molecule has 2 atom stereocenters. The number of carbonyl (C=O) groups is 1. The fourth-order valence-corrected chi connectivity index (χ4v) is 5.20. The lowest BCUT2D eigenvalue weighted by atomic mass is 9.93. The number of aromatic carboxylic acids is 1. The molecule has 3 aromatic carbocycles. The quantitative estimate of drug-likeness (QED) is 0.219. The number of alkyl halides is 5. The van der Waals surface area contributed by atoms with E-state index < -0.39 is 36.3 Å². The van der Waals surface area contributed by atoms with Crippen molar-refractivity contribution in [2.24, 2.45) is 0 Å². The summed E-state index contributed by atoms with van der Waals surface area (Å²) in [6.07, 6.45) is -8.92. The van der Waals surface area contributed by atoms with Gasteiger partial charge in [-0.3, -0.25) is 0 Å². The fraction of sp³-hybridized carbons (Fsp3) is 0.267. The predicted octanol–water partition coefficient (Wildman–Crippen LogP) is 7.51. The van der Waals surface area contributed by atoms with E-state index in [0.717, 1.165) is 0 Å². The van der Waals surface area contributed by atoms with E-state index >= 15 is 0 Å². The highest BCUT2D eigenvalue weighted by Crippen LogP contribution is 2.44. The second-order valence-electron chi connectivity index (χ2n) is 10.1. The smallest absolute Gasteiger partial charge is 0.486 e. The molecule has 4 aromatic rings. The van der Waals surface area contributed by atoms with Crippen molar-refractivity contribution < 1.29 is 50.8 Å². The fourth-order valence-electron chi connectivity index (χ4n) is 5.20. The van der Waals surface area contributed by atoms with Crippen LogP contribution in [0.25, 0.3) is 5.69 Å². The van der Waals surface area contributed by atoms with Gasteiger partial charge in [0.05, 0.1) is 16.9 Å². The third-order valence-electron chi connectivity index (χ3n) is 7.14. The Morgan fingerprint density at radius 2 is 1.79 bits per heavy atom. The molecule has 224 valence electrons. The van der Waals surface area contributed by atoms with Crippen molar-refractivity contribution in [2.75, 3.05) is 0 Å². The zero-order valence-electron chi connectivity index (χ0n) is 22.4. The molecule has 0 saturated heterocycles. The SMILES string of the molecule is C[C@H](Oc1cccc(-n2nc(C(F)(F)F)c3c2[C@H](Oc2ccc(C(=O)O)cc2)CCC3)c1)c1ccc2c(c1)OC(F)(F)O2. The van der Waals surface area contributed by atoms with Crippen LogP contribution < -0.4 is 18.9 Å². The summed E-state index contributed by atoms with van der Waals surface area (Å²) >= 11 is 0. The molecule has 8 nitrogen and oxygen atoms in total. The van der Waals surface area contributed by atoms with Gasteiger partial charge >= 0.3 is 18.4 Å². The number of benzene rings is 3. The van der Waals surface area contributed by atoms with E-state index in [1.54, 1.807) is 31.2 Å². The van der Waals surface area contributed by atoms with Crippen LogP contribution in [0.2, 0.25) is 0 Å². The van der Waals surface area contributed by atoms with Crippen LogP contribution in [0, 0.1) is 0 Å². The monoisotopic (exact) mass is 602 g/mol. The van der Waals surface area contributed by atoms with Crippen LogP contribution in [0.3, 0.4) is 0 Å². The van der Waals surface area contributed by atoms with Gasteiger partial charge in [-0.2, -0.15) is 18.3 Å². The normalized spacial score (nSPS) is 17.7. The Kier molecular flexibility index (Phi) is 6.90. The maximum atomic E-state index is 14.1. The van der Waals surface area contributed by atoms with E-state index in [2.05, 4.69) is 14.6 Å². The van der Waals surface area contributed by atoms with Crippen LogP contribution in [0.1, 0.15) is 64.8 Å². The summed E-state index contributed by atoms with van der Waals surface area (Å²) < 4.78 is 91.4. The molecule has 1 aliphatic carbocycles. The molecular weight excluding hydrogens is 579 g/mol. The standard InChI is InChI=1S/C30H23F5N2O6/c1-16(18-10-13-23-25(14-18)43-30(34,35)42-23)40-21-5-2-4-19(15-21)37-26-22(27(36-37)29(31,32)33)6-3-7-24(26)41-20-11-8-17(9-12-20)28(38)39/h2,4-5,8-16,24H,3,6-7H2,1H3,(H,38,39)/t16-,24+/m0/s1. The van der Waals surface area contributed by atoms with Crippen molar-refractivity contribution in [3.63, 3.8) is 0 Å². The molecule has 0 saturated carbocycles. The molecule has 2 aliphatic rings. The maximum Gasteiger partial charge on any atom is 0.586 e. The molecule has 0 spiro atoms. The lowest BCUT2D eigenvalue weighted by molar-refractivity contribution is -0.286. The lowest BCUT2D eigenvalue weighted by Crippen LogP contribution is -2.25. The lowest BCUT2D eigenvalue weighted by Gasteiger charge is -2.26. The first-order chi connectivity index (χ1) is 20.4. The zero-order chi connectivity index (χ0) is 30.5. The number of aromatic nitrogens is 2. The maximum absolute atomic E-state index is 14.1. The van der Waals surface area contributed by atoms with Gasteiger partial charge in [0.25, 0.3) is 0 Å². The van der Waals surface area contributed by atoms with Crippen molar-refractivity contribution in [1.82, 2.24) is 9.78 Å². The van der Waals surface area contributed by atoms with Crippen LogP contribution >= 0.6 is 0 Å². The number of carboxylic acids is 1. The minimum absolute atomic E-state index is 0.0303. The van der Waals surface area contributed by atoms with Gasteiger partial charge in [-0.05, 0) is 80.3 Å². The van der Waals surface area contributed by atoms with Gasteiger partial charge < -0.3 is 24.1 Å². The van der Waals surface area contributed by atoms with Crippen molar-refractivity contribution in [1.29, 1.82) is 0 Å². The summed E-state index contributed by atoms with van der Waals surface area (Å²) in [6.45, 7) is 1.68. The number of ether oxygens (including phenoxy) is 4. The van der Waals surface area contributed by atoms with Gasteiger partial charge in [0.2, 0.25) is 0 Å². The molecule has 2 heterocycles. The van der Waals surface area contributed by atoms with Crippen LogP contribution in [0.5, 0.6) is 23.0 Å². The second-order valence-corrected chi connectivity index (χ2v) is 10.1. The van der Waals surface area contributed by atoms with Crippen LogP contribution in [0.4, 0.5) is 22.0 Å². The number of fused-ring (bicyclic) bond motifs is 2. The average molecular weight is 603 g/mol. The molecule has 1 N–H and O–H groups in total. The number of carboxylic acid groups (broad SMARTS) is 1. The molecule has 0 amide bonds. The van der Waals surface area contributed by atoms with E-state index in [9.17, 15) is 26.7 Å². The van der Waals surface area contributed by atoms with E-state index in [4.69, 9.17) is 14.6 Å². The Bertz CT molecular complexity index is 1690. The predicted molar refractivity (Wildman–Crippen MR) is 140 cm³/mol. The Morgan fingerprint density at radius 1 is 1.05 bits per heavy atom. The molecule has 6 rings (SSSR count). The molecule has 1 aliphatic heterocycles. The van der Waals surface area contributed by atoms with Gasteiger partial charge in [0.1, 0.15) is 23.7 Å². The summed E-state index contributed by atoms with van der Waals surface area (Å²) in [5.41, 5.74) is 0.104. The molecule has 0 fully saturated rings. The summed E-state index contributed by atoms with van der Waals surface area (Å²) in [5, 5.41) is 13.1. The highest BCUT2D eigenvalue weighted by Gasteiger charge is 2.44. The Hall–Kier alpha value is -4.81. The minimum Gasteiger partial charge on any atom is -0.486 e. The summed E-state index contributed by atoms with van der Waals surface area (Å²) in [7, 11) is 0. The molecule has 1 aromatic heterocycles. The molecule has 0 unspecified atom stereocenters. The number of nitrogens with zero attached hydrogens (tertiary/aromatic N) is 2. The third kappa shape index (κ3) is 5.66. The second kappa shape index (κ2) is 10.5. The zero-order valence-corrected chi connectivity index (χ0v) is 22.4. The number of hydrogen-bond donors (Lipinski definition) is 1. The van der Waals surface area contributed by atoms with Crippen molar-refractivity contribution in [3.05, 3.63) is 94.8 Å². The first-order valence-corrected chi connectivity index (χ1v) is 13.2. The number of hydrogen-bond acceptors (Lipinski definition) is 6. The van der Waals surface area contributed by atoms with Gasteiger partial charge in [0, 0.05) is 11.6 Å². The van der Waals surface area contributed by atoms with Gasteiger partial charge in [-0.1, -0.05) is 12.1 Å². The van der Waals surface area contributed by atoms with Crippen molar-refractivity contribution in [2.45, 2.75) is 50.9 Å². The van der Waals surface area contributed by atoms with Crippen molar-refractivity contribution >= 4 is 5.97 Å². The molecule has 0 radical (unpaired) electrons. The summed E-state index contributed by atoms with van der Waals surface area (Å²) in [5.74, 6) is -0.768. The molecular formula is C30H23F5N2O6. The molecule has 43 heavy (non-hydrogen) atoms. The average Bonchev–Trinajstić information content (AvgIpc) is 3.50. The third-order valence-corrected chi connectivity index (χ3v) is 7.14. The highest BCUT2D eigenvalue weighted by atomic mass is 19.4. The van der Waals surface area contributed by atoms with Crippen molar-refractivity contribution in [3.8, 4) is 28.7 Å².